The maximum Gasteiger partial charge on any atom is 0.262 e. The molecule has 0 aliphatic carbocycles. The van der Waals surface area contributed by atoms with Gasteiger partial charge in [0.2, 0.25) is 0 Å². The molecule has 8 nitrogen and oxygen atoms in total. The van der Waals surface area contributed by atoms with Gasteiger partial charge < -0.3 is 9.47 Å². The molecule has 0 unspecified atom stereocenters. The van der Waals surface area contributed by atoms with Crippen LogP contribution < -0.4 is 18.9 Å². The van der Waals surface area contributed by atoms with Crippen LogP contribution >= 0.6 is 0 Å². The number of hydrogen-bond donors (Lipinski definition) is 2. The van der Waals surface area contributed by atoms with Crippen LogP contribution in [-0.2, 0) is 20.0 Å². The Morgan fingerprint density at radius 3 is 1.80 bits per heavy atom. The van der Waals surface area contributed by atoms with Gasteiger partial charge in [-0.3, -0.25) is 9.44 Å². The highest BCUT2D eigenvalue weighted by molar-refractivity contribution is 7.93. The predicted octanol–water partition coefficient (Wildman–Crippen LogP) is 3.06. The van der Waals surface area contributed by atoms with Crippen molar-refractivity contribution < 1.29 is 26.3 Å². The predicted molar refractivity (Wildman–Crippen MR) is 112 cm³/mol. The Kier molecular flexibility index (Phi) is 5.27. The number of benzene rings is 3. The molecule has 30 heavy (non-hydrogen) atoms. The van der Waals surface area contributed by atoms with Gasteiger partial charge in [-0.15, -0.1) is 0 Å². The third kappa shape index (κ3) is 4.34. The highest BCUT2D eigenvalue weighted by atomic mass is 32.2. The summed E-state index contributed by atoms with van der Waals surface area (Å²) < 4.78 is 66.0. The molecule has 4 rings (SSSR count). The van der Waals surface area contributed by atoms with E-state index in [0.29, 0.717) is 30.4 Å². The van der Waals surface area contributed by atoms with Crippen molar-refractivity contribution in [1.82, 2.24) is 0 Å². The molecule has 0 atom stereocenters. The van der Waals surface area contributed by atoms with E-state index in [4.69, 9.17) is 9.47 Å². The first kappa shape index (κ1) is 20.0. The Labute approximate surface area is 174 Å². The maximum atomic E-state index is 12.7. The summed E-state index contributed by atoms with van der Waals surface area (Å²) in [6.45, 7) is 0.753. The molecule has 0 bridgehead atoms. The SMILES string of the molecule is O=S(=O)(Nc1ccccc1)c1ccc(NS(=O)(=O)c2ccc3c(c2)OCCO3)cc1. The van der Waals surface area contributed by atoms with E-state index < -0.39 is 20.0 Å². The number of hydrogen-bond acceptors (Lipinski definition) is 6. The van der Waals surface area contributed by atoms with E-state index in [-0.39, 0.29) is 15.5 Å². The molecule has 2 N–H and O–H groups in total. The van der Waals surface area contributed by atoms with E-state index in [9.17, 15) is 16.8 Å². The van der Waals surface area contributed by atoms with Gasteiger partial charge in [-0.25, -0.2) is 16.8 Å². The van der Waals surface area contributed by atoms with E-state index in [1.54, 1.807) is 30.3 Å². The monoisotopic (exact) mass is 446 g/mol. The summed E-state index contributed by atoms with van der Waals surface area (Å²) in [5.41, 5.74) is 0.657. The lowest BCUT2D eigenvalue weighted by molar-refractivity contribution is 0.171. The van der Waals surface area contributed by atoms with Gasteiger partial charge in [-0.1, -0.05) is 18.2 Å². The molecule has 0 amide bonds. The number of ether oxygens (including phenoxy) is 2. The normalized spacial score (nSPS) is 13.5. The molecule has 1 aliphatic heterocycles. The van der Waals surface area contributed by atoms with Gasteiger partial charge in [0.05, 0.1) is 9.79 Å². The fraction of sp³-hybridized carbons (Fsp3) is 0.100. The zero-order valence-corrected chi connectivity index (χ0v) is 17.2. The number of anilines is 2. The van der Waals surface area contributed by atoms with Crippen LogP contribution in [0.3, 0.4) is 0 Å². The molecule has 0 spiro atoms. The van der Waals surface area contributed by atoms with Crippen molar-refractivity contribution in [3.8, 4) is 11.5 Å². The summed E-state index contributed by atoms with van der Waals surface area (Å²) in [5.74, 6) is 0.846. The third-order valence-corrected chi connectivity index (χ3v) is 7.04. The average Bonchev–Trinajstić information content (AvgIpc) is 2.74. The Morgan fingerprint density at radius 2 is 1.13 bits per heavy atom. The van der Waals surface area contributed by atoms with Crippen molar-refractivity contribution >= 4 is 31.4 Å². The minimum Gasteiger partial charge on any atom is -0.486 e. The van der Waals surface area contributed by atoms with Crippen LogP contribution in [0.2, 0.25) is 0 Å². The van der Waals surface area contributed by atoms with Gasteiger partial charge in [0.1, 0.15) is 13.2 Å². The van der Waals surface area contributed by atoms with Crippen LogP contribution in [0.1, 0.15) is 0 Å². The number of sulfonamides is 2. The van der Waals surface area contributed by atoms with E-state index in [1.165, 1.54) is 42.5 Å². The third-order valence-electron chi connectivity index (χ3n) is 4.27. The maximum absolute atomic E-state index is 12.7. The number of fused-ring (bicyclic) bond motifs is 1. The number of para-hydroxylation sites is 1. The Balaban J connectivity index is 1.51. The zero-order chi connectivity index (χ0) is 21.2. The van der Waals surface area contributed by atoms with Crippen LogP contribution in [0, 0.1) is 0 Å². The van der Waals surface area contributed by atoms with Gasteiger partial charge in [0.15, 0.2) is 11.5 Å². The Hall–Kier alpha value is -3.24. The van der Waals surface area contributed by atoms with Crippen molar-refractivity contribution in [2.45, 2.75) is 9.79 Å². The lowest BCUT2D eigenvalue weighted by Crippen LogP contribution is -2.17. The molecule has 0 radical (unpaired) electrons. The molecule has 10 heteroatoms. The van der Waals surface area contributed by atoms with Crippen LogP contribution in [0.4, 0.5) is 11.4 Å². The first-order chi connectivity index (χ1) is 14.3. The molecular formula is C20H18N2O6S2. The Morgan fingerprint density at radius 1 is 0.600 bits per heavy atom. The summed E-state index contributed by atoms with van der Waals surface area (Å²) >= 11 is 0. The summed E-state index contributed by atoms with van der Waals surface area (Å²) in [4.78, 5) is 0.0165. The first-order valence-electron chi connectivity index (χ1n) is 8.94. The fourth-order valence-electron chi connectivity index (χ4n) is 2.83. The van der Waals surface area contributed by atoms with Crippen molar-refractivity contribution in [3.05, 3.63) is 72.8 Å². The molecule has 0 saturated heterocycles. The van der Waals surface area contributed by atoms with Crippen molar-refractivity contribution in [2.75, 3.05) is 22.7 Å². The number of nitrogens with one attached hydrogen (secondary N) is 2. The highest BCUT2D eigenvalue weighted by Crippen LogP contribution is 2.32. The molecule has 156 valence electrons. The molecule has 0 aromatic heterocycles. The summed E-state index contributed by atoms with van der Waals surface area (Å²) in [7, 11) is -7.69. The minimum atomic E-state index is -3.89. The van der Waals surface area contributed by atoms with Crippen LogP contribution in [0.5, 0.6) is 11.5 Å². The van der Waals surface area contributed by atoms with Crippen molar-refractivity contribution in [1.29, 1.82) is 0 Å². The quantitative estimate of drug-likeness (QED) is 0.602. The molecule has 1 heterocycles. The van der Waals surface area contributed by atoms with E-state index in [0.717, 1.165) is 0 Å². The summed E-state index contributed by atoms with van der Waals surface area (Å²) in [6, 6.07) is 18.2. The van der Waals surface area contributed by atoms with Crippen molar-refractivity contribution in [3.63, 3.8) is 0 Å². The van der Waals surface area contributed by atoms with Gasteiger partial charge in [0.25, 0.3) is 20.0 Å². The summed E-state index contributed by atoms with van der Waals surface area (Å²) in [5, 5.41) is 0. The van der Waals surface area contributed by atoms with E-state index in [1.807, 2.05) is 0 Å². The molecule has 1 aliphatic rings. The van der Waals surface area contributed by atoms with Crippen molar-refractivity contribution in [2.24, 2.45) is 0 Å². The van der Waals surface area contributed by atoms with E-state index in [2.05, 4.69) is 9.44 Å². The topological polar surface area (TPSA) is 111 Å². The second-order valence-corrected chi connectivity index (χ2v) is 9.77. The zero-order valence-electron chi connectivity index (χ0n) is 15.6. The molecular weight excluding hydrogens is 428 g/mol. The van der Waals surface area contributed by atoms with Gasteiger partial charge >= 0.3 is 0 Å². The standard InChI is InChI=1S/C20H18N2O6S2/c23-29(24,21-15-4-2-1-3-5-15)17-8-6-16(7-9-17)22-30(25,26)18-10-11-19-20(14-18)28-13-12-27-19/h1-11,14,21-22H,12-13H2. The molecule has 0 saturated carbocycles. The summed E-state index contributed by atoms with van der Waals surface area (Å²) in [6.07, 6.45) is 0. The largest absolute Gasteiger partial charge is 0.486 e. The second-order valence-electron chi connectivity index (χ2n) is 6.41. The van der Waals surface area contributed by atoms with Gasteiger partial charge in [0, 0.05) is 17.4 Å². The van der Waals surface area contributed by atoms with Crippen LogP contribution in [0.15, 0.2) is 82.6 Å². The minimum absolute atomic E-state index is 0.00799. The Bertz CT molecular complexity index is 1260. The van der Waals surface area contributed by atoms with Crippen LogP contribution in [-0.4, -0.2) is 30.0 Å². The van der Waals surface area contributed by atoms with E-state index >= 15 is 0 Å². The number of rotatable bonds is 6. The molecule has 3 aromatic carbocycles. The molecule has 3 aromatic rings. The highest BCUT2D eigenvalue weighted by Gasteiger charge is 2.20. The van der Waals surface area contributed by atoms with Gasteiger partial charge in [-0.2, -0.15) is 0 Å². The molecule has 0 fully saturated rings. The lowest BCUT2D eigenvalue weighted by Gasteiger charge is -2.19. The smallest absolute Gasteiger partial charge is 0.262 e. The second kappa shape index (κ2) is 7.88. The first-order valence-corrected chi connectivity index (χ1v) is 11.9. The lowest BCUT2D eigenvalue weighted by atomic mass is 10.3. The average molecular weight is 447 g/mol. The van der Waals surface area contributed by atoms with Gasteiger partial charge in [-0.05, 0) is 48.5 Å². The van der Waals surface area contributed by atoms with Crippen LogP contribution in [0.25, 0.3) is 0 Å². The fourth-order valence-corrected chi connectivity index (χ4v) is 4.96.